The molecule has 6 heteroatoms. The molecule has 0 aromatic carbocycles. The van der Waals surface area contributed by atoms with Crippen LogP contribution in [-0.2, 0) is 9.59 Å². The summed E-state index contributed by atoms with van der Waals surface area (Å²) < 4.78 is 38.1. The summed E-state index contributed by atoms with van der Waals surface area (Å²) in [6.45, 7) is 4.46. The van der Waals surface area contributed by atoms with Crippen LogP contribution in [0, 0.1) is 10.8 Å². The van der Waals surface area contributed by atoms with Gasteiger partial charge in [-0.2, -0.15) is 13.2 Å². The minimum Gasteiger partial charge on any atom is -0.341 e. The van der Waals surface area contributed by atoms with Crippen LogP contribution in [0.4, 0.5) is 13.2 Å². The van der Waals surface area contributed by atoms with Gasteiger partial charge in [-0.1, -0.05) is 25.5 Å². The molecule has 2 rings (SSSR count). The Morgan fingerprint density at radius 2 is 1.83 bits per heavy atom. The molecule has 0 aromatic rings. The van der Waals surface area contributed by atoms with Gasteiger partial charge >= 0.3 is 6.18 Å². The normalized spacial score (nSPS) is 26.6. The number of rotatable bonds is 5. The molecule has 0 N–H and O–H groups in total. The molecule has 3 nitrogen and oxygen atoms in total. The number of halogens is 3. The molecule has 1 aliphatic heterocycles. The van der Waals surface area contributed by atoms with E-state index in [1.807, 2.05) is 6.92 Å². The van der Waals surface area contributed by atoms with Crippen LogP contribution in [-0.4, -0.2) is 35.9 Å². The average molecular weight is 329 g/mol. The van der Waals surface area contributed by atoms with Gasteiger partial charge in [0.25, 0.3) is 0 Å². The van der Waals surface area contributed by atoms with E-state index in [4.69, 9.17) is 0 Å². The van der Waals surface area contributed by atoms with E-state index in [0.717, 1.165) is 12.8 Å². The Morgan fingerprint density at radius 3 is 2.35 bits per heavy atom. The first-order valence-corrected chi connectivity index (χ1v) is 7.92. The summed E-state index contributed by atoms with van der Waals surface area (Å²) in [5, 5.41) is 0. The summed E-state index contributed by atoms with van der Waals surface area (Å²) >= 11 is 0. The van der Waals surface area contributed by atoms with Crippen molar-refractivity contribution in [3.05, 3.63) is 24.3 Å². The molecule has 1 heterocycles. The second kappa shape index (κ2) is 6.13. The summed E-state index contributed by atoms with van der Waals surface area (Å²) in [6, 6.07) is 0. The molecule has 2 aliphatic rings. The first kappa shape index (κ1) is 17.8. The maximum Gasteiger partial charge on any atom is 0.389 e. The van der Waals surface area contributed by atoms with Gasteiger partial charge in [-0.15, -0.1) is 0 Å². The zero-order valence-electron chi connectivity index (χ0n) is 13.4. The van der Waals surface area contributed by atoms with Crippen molar-refractivity contribution in [3.8, 4) is 0 Å². The molecule has 0 radical (unpaired) electrons. The summed E-state index contributed by atoms with van der Waals surface area (Å²) in [7, 11) is 0. The lowest BCUT2D eigenvalue weighted by atomic mass is 9.62. The maximum atomic E-state index is 12.8. The third-order valence-corrected chi connectivity index (χ3v) is 5.02. The van der Waals surface area contributed by atoms with Gasteiger partial charge in [0.05, 0.1) is 5.41 Å². The van der Waals surface area contributed by atoms with Crippen molar-refractivity contribution in [3.63, 3.8) is 0 Å². The molecule has 1 saturated heterocycles. The fraction of sp³-hybridized carbons (Fsp3) is 0.647. The second-order valence-corrected chi connectivity index (χ2v) is 6.64. The highest BCUT2D eigenvalue weighted by Gasteiger charge is 2.59. The van der Waals surface area contributed by atoms with E-state index < -0.39 is 23.4 Å². The van der Waals surface area contributed by atoms with Gasteiger partial charge in [0.2, 0.25) is 5.91 Å². The maximum absolute atomic E-state index is 12.8. The van der Waals surface area contributed by atoms with Gasteiger partial charge in [-0.25, -0.2) is 0 Å². The molecule has 1 unspecified atom stereocenters. The third kappa shape index (κ3) is 3.35. The van der Waals surface area contributed by atoms with Crippen LogP contribution in [0.1, 0.15) is 39.5 Å². The number of amides is 1. The quantitative estimate of drug-likeness (QED) is 0.772. The molecule has 23 heavy (non-hydrogen) atoms. The highest BCUT2D eigenvalue weighted by atomic mass is 19.4. The number of unbranched alkanes of at least 4 members (excludes halogenated alkanes) is 1. The van der Waals surface area contributed by atoms with Crippen molar-refractivity contribution in [2.45, 2.75) is 45.7 Å². The predicted molar refractivity (Wildman–Crippen MR) is 80.6 cm³/mol. The Morgan fingerprint density at radius 1 is 1.22 bits per heavy atom. The number of carbonyl (C=O) groups is 2. The van der Waals surface area contributed by atoms with Crippen molar-refractivity contribution >= 4 is 11.7 Å². The van der Waals surface area contributed by atoms with Crippen LogP contribution in [0.15, 0.2) is 24.3 Å². The summed E-state index contributed by atoms with van der Waals surface area (Å²) in [5.41, 5.74) is -2.01. The van der Waals surface area contributed by atoms with Gasteiger partial charge in [0.15, 0.2) is 5.78 Å². The van der Waals surface area contributed by atoms with Crippen LogP contribution in [0.3, 0.4) is 0 Å². The van der Waals surface area contributed by atoms with Crippen molar-refractivity contribution in [1.29, 1.82) is 0 Å². The summed E-state index contributed by atoms with van der Waals surface area (Å²) in [5.74, 6) is -0.452. The van der Waals surface area contributed by atoms with Crippen molar-refractivity contribution < 1.29 is 22.8 Å². The minimum absolute atomic E-state index is 0.201. The topological polar surface area (TPSA) is 37.4 Å². The van der Waals surface area contributed by atoms with Gasteiger partial charge in [-0.05, 0) is 31.9 Å². The lowest BCUT2D eigenvalue weighted by molar-refractivity contribution is -0.149. The fourth-order valence-corrected chi connectivity index (χ4v) is 3.42. The number of ketones is 1. The molecule has 0 aromatic heterocycles. The SMILES string of the molecule is CCCCN1CC2(C=CC(=O)C=C2)C(C)(CCC(F)(F)F)C1=O. The molecule has 0 bridgehead atoms. The van der Waals surface area contributed by atoms with Crippen LogP contribution >= 0.6 is 0 Å². The Labute approximate surface area is 134 Å². The number of hydrogen-bond donors (Lipinski definition) is 0. The van der Waals surface area contributed by atoms with E-state index in [0.29, 0.717) is 13.1 Å². The van der Waals surface area contributed by atoms with Gasteiger partial charge < -0.3 is 4.90 Å². The van der Waals surface area contributed by atoms with E-state index >= 15 is 0 Å². The van der Waals surface area contributed by atoms with Crippen molar-refractivity contribution in [2.75, 3.05) is 13.1 Å². The molecule has 1 spiro atoms. The second-order valence-electron chi connectivity index (χ2n) is 6.64. The fourth-order valence-electron chi connectivity index (χ4n) is 3.42. The van der Waals surface area contributed by atoms with E-state index in [1.54, 1.807) is 24.0 Å². The Hall–Kier alpha value is -1.59. The Bertz CT molecular complexity index is 535. The van der Waals surface area contributed by atoms with Crippen molar-refractivity contribution in [2.24, 2.45) is 10.8 Å². The zero-order chi connectivity index (χ0) is 17.3. The minimum atomic E-state index is -4.31. The average Bonchev–Trinajstić information content (AvgIpc) is 2.68. The molecule has 1 aliphatic carbocycles. The van der Waals surface area contributed by atoms with E-state index in [-0.39, 0.29) is 18.1 Å². The molecule has 1 atom stereocenters. The largest absolute Gasteiger partial charge is 0.389 e. The number of hydrogen-bond acceptors (Lipinski definition) is 2. The summed E-state index contributed by atoms with van der Waals surface area (Å²) in [4.78, 5) is 25.9. The van der Waals surface area contributed by atoms with Gasteiger partial charge in [0, 0.05) is 24.9 Å². The van der Waals surface area contributed by atoms with Gasteiger partial charge in [0.1, 0.15) is 0 Å². The van der Waals surface area contributed by atoms with Crippen LogP contribution in [0.25, 0.3) is 0 Å². The van der Waals surface area contributed by atoms with Crippen LogP contribution in [0.5, 0.6) is 0 Å². The first-order valence-electron chi connectivity index (χ1n) is 7.92. The highest BCUT2D eigenvalue weighted by Crippen LogP contribution is 2.54. The Kier molecular flexibility index (Phi) is 4.74. The molecular formula is C17H22F3NO2. The first-order chi connectivity index (χ1) is 10.6. The molecule has 0 saturated carbocycles. The number of allylic oxidation sites excluding steroid dienone is 2. The number of likely N-dealkylation sites (tertiary alicyclic amines) is 1. The highest BCUT2D eigenvalue weighted by molar-refractivity contribution is 6.01. The smallest absolute Gasteiger partial charge is 0.341 e. The monoisotopic (exact) mass is 329 g/mol. The van der Waals surface area contributed by atoms with Crippen LogP contribution in [0.2, 0.25) is 0 Å². The third-order valence-electron chi connectivity index (χ3n) is 5.02. The number of nitrogens with zero attached hydrogens (tertiary/aromatic N) is 1. The molecule has 1 amide bonds. The van der Waals surface area contributed by atoms with E-state index in [9.17, 15) is 22.8 Å². The van der Waals surface area contributed by atoms with Gasteiger partial charge in [-0.3, -0.25) is 9.59 Å². The standard InChI is InChI=1S/C17H22F3NO2/c1-3-4-11-21-12-16(7-5-13(22)6-8-16)15(2,14(21)23)9-10-17(18,19)20/h5-8H,3-4,9-12H2,1-2H3. The predicted octanol–water partition coefficient (Wildman–Crippen LogP) is 3.66. The Balaban J connectivity index is 2.33. The number of carbonyl (C=O) groups excluding carboxylic acids is 2. The lowest BCUT2D eigenvalue weighted by Gasteiger charge is -2.37. The lowest BCUT2D eigenvalue weighted by Crippen LogP contribution is -2.40. The van der Waals surface area contributed by atoms with Crippen molar-refractivity contribution in [1.82, 2.24) is 4.90 Å². The van der Waals surface area contributed by atoms with Crippen LogP contribution < -0.4 is 0 Å². The molecule has 128 valence electrons. The zero-order valence-corrected chi connectivity index (χ0v) is 13.4. The number of alkyl halides is 3. The molecule has 1 fully saturated rings. The van der Waals surface area contributed by atoms with E-state index in [1.165, 1.54) is 12.2 Å². The van der Waals surface area contributed by atoms with E-state index in [2.05, 4.69) is 0 Å². The summed E-state index contributed by atoms with van der Waals surface area (Å²) in [6.07, 6.45) is 2.09. The molecular weight excluding hydrogens is 307 g/mol.